The fourth-order valence-corrected chi connectivity index (χ4v) is 4.89. The molecule has 6 nitrogen and oxygen atoms in total. The van der Waals surface area contributed by atoms with E-state index in [4.69, 9.17) is 0 Å². The third-order valence-corrected chi connectivity index (χ3v) is 6.56. The first-order chi connectivity index (χ1) is 12.0. The van der Waals surface area contributed by atoms with Gasteiger partial charge >= 0.3 is 0 Å². The Morgan fingerprint density at radius 3 is 2.52 bits per heavy atom. The zero-order valence-electron chi connectivity index (χ0n) is 14.2. The van der Waals surface area contributed by atoms with Gasteiger partial charge in [0.15, 0.2) is 9.84 Å². The predicted molar refractivity (Wildman–Crippen MR) is 99.6 cm³/mol. The van der Waals surface area contributed by atoms with Crippen molar-refractivity contribution in [2.75, 3.05) is 28.8 Å². The zero-order valence-corrected chi connectivity index (χ0v) is 15.0. The lowest BCUT2D eigenvalue weighted by Gasteiger charge is -2.25. The molecule has 1 saturated heterocycles. The van der Waals surface area contributed by atoms with E-state index in [1.54, 1.807) is 0 Å². The van der Waals surface area contributed by atoms with Gasteiger partial charge in [0.25, 0.3) is 0 Å². The number of anilines is 2. The van der Waals surface area contributed by atoms with E-state index < -0.39 is 9.84 Å². The summed E-state index contributed by atoms with van der Waals surface area (Å²) in [6.45, 7) is 0. The minimum atomic E-state index is -2.93. The lowest BCUT2D eigenvalue weighted by atomic mass is 10.1. The summed E-state index contributed by atoms with van der Waals surface area (Å²) in [7, 11) is -1.01. The molecule has 2 aliphatic rings. The molecule has 0 spiro atoms. The Balaban J connectivity index is 1.68. The molecular formula is C18H22N4O2S. The fourth-order valence-electron chi connectivity index (χ4n) is 3.11. The molecule has 0 amide bonds. The van der Waals surface area contributed by atoms with Crippen molar-refractivity contribution in [1.82, 2.24) is 9.97 Å². The average molecular weight is 358 g/mol. The van der Waals surface area contributed by atoms with Crippen molar-refractivity contribution in [2.45, 2.75) is 31.3 Å². The number of hydrogen-bond donors (Lipinski definition) is 1. The second-order valence-electron chi connectivity index (χ2n) is 6.89. The molecule has 2 fully saturated rings. The average Bonchev–Trinajstić information content (AvgIpc) is 3.35. The van der Waals surface area contributed by atoms with Crippen LogP contribution in [0.2, 0.25) is 0 Å². The standard InChI is InChI=1S/C18H22N4O2S/c1-22(15-9-10-25(23,24)12-15)17-11-16(13-5-3-2-4-6-13)20-18(21-17)19-14-7-8-14/h2-6,11,14-15H,7-10,12H2,1H3,(H,19,20,21). The highest BCUT2D eigenvalue weighted by Gasteiger charge is 2.32. The van der Waals surface area contributed by atoms with Crippen LogP contribution in [-0.2, 0) is 9.84 Å². The van der Waals surface area contributed by atoms with Gasteiger partial charge < -0.3 is 10.2 Å². The van der Waals surface area contributed by atoms with Crippen molar-refractivity contribution in [1.29, 1.82) is 0 Å². The van der Waals surface area contributed by atoms with E-state index in [0.717, 1.165) is 29.9 Å². The van der Waals surface area contributed by atoms with Gasteiger partial charge in [0, 0.05) is 30.8 Å². The molecule has 2 heterocycles. The van der Waals surface area contributed by atoms with Crippen LogP contribution >= 0.6 is 0 Å². The van der Waals surface area contributed by atoms with Gasteiger partial charge in [-0.15, -0.1) is 0 Å². The van der Waals surface area contributed by atoms with Crippen LogP contribution in [0.15, 0.2) is 36.4 Å². The van der Waals surface area contributed by atoms with Crippen molar-refractivity contribution in [3.63, 3.8) is 0 Å². The van der Waals surface area contributed by atoms with Crippen molar-refractivity contribution >= 4 is 21.6 Å². The summed E-state index contributed by atoms with van der Waals surface area (Å²) in [5, 5.41) is 3.36. The van der Waals surface area contributed by atoms with Gasteiger partial charge in [-0.3, -0.25) is 0 Å². The Bertz CT molecular complexity index is 866. The number of sulfone groups is 1. The topological polar surface area (TPSA) is 75.2 Å². The van der Waals surface area contributed by atoms with E-state index >= 15 is 0 Å². The van der Waals surface area contributed by atoms with Gasteiger partial charge in [-0.05, 0) is 19.3 Å². The van der Waals surface area contributed by atoms with Crippen LogP contribution in [0.5, 0.6) is 0 Å². The molecule has 1 aromatic carbocycles. The third kappa shape index (κ3) is 3.76. The summed E-state index contributed by atoms with van der Waals surface area (Å²) in [6.07, 6.45) is 2.94. The molecular weight excluding hydrogens is 336 g/mol. The third-order valence-electron chi connectivity index (χ3n) is 4.81. The van der Waals surface area contributed by atoms with E-state index in [9.17, 15) is 8.42 Å². The van der Waals surface area contributed by atoms with Gasteiger partial charge in [-0.25, -0.2) is 13.4 Å². The summed E-state index contributed by atoms with van der Waals surface area (Å²) < 4.78 is 23.6. The summed E-state index contributed by atoms with van der Waals surface area (Å²) >= 11 is 0. The Morgan fingerprint density at radius 2 is 1.88 bits per heavy atom. The van der Waals surface area contributed by atoms with Crippen molar-refractivity contribution in [3.05, 3.63) is 36.4 Å². The van der Waals surface area contributed by atoms with Gasteiger partial charge in [0.2, 0.25) is 5.95 Å². The van der Waals surface area contributed by atoms with Crippen LogP contribution in [0.25, 0.3) is 11.3 Å². The quantitative estimate of drug-likeness (QED) is 0.884. The van der Waals surface area contributed by atoms with Crippen molar-refractivity contribution in [3.8, 4) is 11.3 Å². The fraction of sp³-hybridized carbons (Fsp3) is 0.444. The highest BCUT2D eigenvalue weighted by atomic mass is 32.2. The molecule has 132 valence electrons. The van der Waals surface area contributed by atoms with E-state index in [1.807, 2.05) is 48.3 Å². The van der Waals surface area contributed by atoms with Crippen LogP contribution < -0.4 is 10.2 Å². The van der Waals surface area contributed by atoms with Crippen LogP contribution in [0.1, 0.15) is 19.3 Å². The lowest BCUT2D eigenvalue weighted by Crippen LogP contribution is -2.33. The Hall–Kier alpha value is -2.15. The molecule has 2 aromatic rings. The minimum absolute atomic E-state index is 0.0303. The minimum Gasteiger partial charge on any atom is -0.355 e. The molecule has 1 aliphatic carbocycles. The number of benzene rings is 1. The second kappa shape index (κ2) is 6.29. The molecule has 1 N–H and O–H groups in total. The van der Waals surface area contributed by atoms with Gasteiger partial charge in [-0.1, -0.05) is 30.3 Å². The maximum absolute atomic E-state index is 11.8. The smallest absolute Gasteiger partial charge is 0.225 e. The SMILES string of the molecule is CN(c1cc(-c2ccccc2)nc(NC2CC2)n1)C1CCS(=O)(=O)C1. The lowest BCUT2D eigenvalue weighted by molar-refractivity contribution is 0.600. The Morgan fingerprint density at radius 1 is 1.12 bits per heavy atom. The molecule has 1 aromatic heterocycles. The molecule has 1 atom stereocenters. The van der Waals surface area contributed by atoms with Crippen LogP contribution in [-0.4, -0.2) is 49.0 Å². The normalized spacial score (nSPS) is 21.9. The number of nitrogens with one attached hydrogen (secondary N) is 1. The van der Waals surface area contributed by atoms with Crippen LogP contribution in [0.3, 0.4) is 0 Å². The molecule has 7 heteroatoms. The second-order valence-corrected chi connectivity index (χ2v) is 9.12. The van der Waals surface area contributed by atoms with E-state index in [-0.39, 0.29) is 17.5 Å². The van der Waals surface area contributed by atoms with Crippen molar-refractivity contribution < 1.29 is 8.42 Å². The molecule has 0 bridgehead atoms. The summed E-state index contributed by atoms with van der Waals surface area (Å²) in [4.78, 5) is 11.3. The predicted octanol–water partition coefficient (Wildman–Crippen LogP) is 2.34. The van der Waals surface area contributed by atoms with Gasteiger partial charge in [0.05, 0.1) is 17.2 Å². The molecule has 1 saturated carbocycles. The number of aromatic nitrogens is 2. The maximum atomic E-state index is 11.8. The molecule has 1 unspecified atom stereocenters. The largest absolute Gasteiger partial charge is 0.355 e. The van der Waals surface area contributed by atoms with E-state index in [2.05, 4.69) is 15.3 Å². The molecule has 25 heavy (non-hydrogen) atoms. The molecule has 4 rings (SSSR count). The zero-order chi connectivity index (χ0) is 17.4. The first kappa shape index (κ1) is 16.3. The Kier molecular flexibility index (Phi) is 4.11. The number of nitrogens with zero attached hydrogens (tertiary/aromatic N) is 3. The maximum Gasteiger partial charge on any atom is 0.225 e. The summed E-state index contributed by atoms with van der Waals surface area (Å²) in [5.41, 5.74) is 1.87. The van der Waals surface area contributed by atoms with E-state index in [1.165, 1.54) is 0 Å². The highest BCUT2D eigenvalue weighted by Crippen LogP contribution is 2.29. The highest BCUT2D eigenvalue weighted by molar-refractivity contribution is 7.91. The molecule has 1 aliphatic heterocycles. The number of hydrogen-bond acceptors (Lipinski definition) is 6. The first-order valence-electron chi connectivity index (χ1n) is 8.64. The number of rotatable bonds is 5. The van der Waals surface area contributed by atoms with E-state index in [0.29, 0.717) is 18.4 Å². The van der Waals surface area contributed by atoms with Crippen molar-refractivity contribution in [2.24, 2.45) is 0 Å². The monoisotopic (exact) mass is 358 g/mol. The summed E-state index contributed by atoms with van der Waals surface area (Å²) in [5.74, 6) is 1.83. The van der Waals surface area contributed by atoms with Gasteiger partial charge in [0.1, 0.15) is 5.82 Å². The summed E-state index contributed by atoms with van der Waals surface area (Å²) in [6, 6.07) is 12.4. The molecule has 0 radical (unpaired) electrons. The first-order valence-corrected chi connectivity index (χ1v) is 10.5. The van der Waals surface area contributed by atoms with Crippen LogP contribution in [0.4, 0.5) is 11.8 Å². The Labute approximate surface area is 148 Å². The van der Waals surface area contributed by atoms with Crippen LogP contribution in [0, 0.1) is 0 Å². The van der Waals surface area contributed by atoms with Gasteiger partial charge in [-0.2, -0.15) is 4.98 Å².